The van der Waals surface area contributed by atoms with Crippen molar-refractivity contribution in [1.29, 1.82) is 0 Å². The number of fused-ring (bicyclic) bond motifs is 1. The van der Waals surface area contributed by atoms with Gasteiger partial charge in [-0.15, -0.1) is 23.0 Å². The van der Waals surface area contributed by atoms with Gasteiger partial charge in [-0.05, 0) is 42.0 Å². The number of para-hydroxylation sites is 1. The maximum absolute atomic E-state index is 13.0. The number of thiophene rings is 1. The summed E-state index contributed by atoms with van der Waals surface area (Å²) >= 11 is 7.49. The third-order valence-corrected chi connectivity index (χ3v) is 5.78. The Balaban J connectivity index is 1.49. The van der Waals surface area contributed by atoms with Crippen LogP contribution >= 0.6 is 22.9 Å². The molecule has 0 aliphatic heterocycles. The van der Waals surface area contributed by atoms with Crippen molar-refractivity contribution in [2.45, 2.75) is 13.1 Å². The number of aromatic nitrogens is 3. The lowest BCUT2D eigenvalue weighted by Gasteiger charge is -2.20. The van der Waals surface area contributed by atoms with Crippen LogP contribution < -0.4 is 0 Å². The van der Waals surface area contributed by atoms with Crippen LogP contribution in [0.2, 0.25) is 4.34 Å². The van der Waals surface area contributed by atoms with E-state index in [4.69, 9.17) is 11.6 Å². The summed E-state index contributed by atoms with van der Waals surface area (Å²) in [6, 6.07) is 19.3. The number of benzene rings is 2. The Morgan fingerprint density at radius 2 is 1.93 bits per heavy atom. The fraction of sp³-hybridized carbons (Fsp3) is 0.136. The van der Waals surface area contributed by atoms with E-state index in [-0.39, 0.29) is 5.91 Å². The second-order valence-electron chi connectivity index (χ2n) is 6.61. The second kappa shape index (κ2) is 8.59. The van der Waals surface area contributed by atoms with E-state index in [2.05, 4.69) is 16.9 Å². The van der Waals surface area contributed by atoms with Crippen LogP contribution in [0.15, 0.2) is 73.3 Å². The highest BCUT2D eigenvalue weighted by molar-refractivity contribution is 7.16. The van der Waals surface area contributed by atoms with Crippen molar-refractivity contribution < 1.29 is 4.79 Å². The lowest BCUT2D eigenvalue weighted by molar-refractivity contribution is 0.0764. The van der Waals surface area contributed by atoms with Crippen LogP contribution in [0, 0.1) is 0 Å². The maximum Gasteiger partial charge on any atom is 0.254 e. The third kappa shape index (κ3) is 4.39. The zero-order valence-corrected chi connectivity index (χ0v) is 17.2. The first kappa shape index (κ1) is 19.4. The van der Waals surface area contributed by atoms with Crippen LogP contribution in [-0.2, 0) is 13.1 Å². The van der Waals surface area contributed by atoms with E-state index >= 15 is 0 Å². The maximum atomic E-state index is 13.0. The first-order valence-corrected chi connectivity index (χ1v) is 10.3. The Hall–Kier alpha value is -2.96. The molecule has 4 aromatic rings. The highest BCUT2D eigenvalue weighted by Gasteiger charge is 2.16. The van der Waals surface area contributed by atoms with Crippen molar-refractivity contribution in [1.82, 2.24) is 19.9 Å². The van der Waals surface area contributed by atoms with Gasteiger partial charge in [0.25, 0.3) is 5.91 Å². The Kier molecular flexibility index (Phi) is 5.74. The molecule has 0 spiro atoms. The zero-order chi connectivity index (χ0) is 20.2. The van der Waals surface area contributed by atoms with Crippen LogP contribution in [0.1, 0.15) is 20.8 Å². The summed E-state index contributed by atoms with van der Waals surface area (Å²) in [7, 11) is 0. The molecule has 29 heavy (non-hydrogen) atoms. The molecule has 0 saturated carbocycles. The molecule has 2 aromatic heterocycles. The number of hydrogen-bond acceptors (Lipinski definition) is 4. The average molecular weight is 423 g/mol. The summed E-state index contributed by atoms with van der Waals surface area (Å²) in [5.74, 6) is -0.0350. The first-order valence-electron chi connectivity index (χ1n) is 9.15. The normalized spacial score (nSPS) is 10.9. The Morgan fingerprint density at radius 1 is 1.14 bits per heavy atom. The molecule has 0 aliphatic rings. The molecule has 0 fully saturated rings. The van der Waals surface area contributed by atoms with Gasteiger partial charge in [-0.2, -0.15) is 0 Å². The highest BCUT2D eigenvalue weighted by Crippen LogP contribution is 2.23. The van der Waals surface area contributed by atoms with Crippen molar-refractivity contribution in [3.05, 3.63) is 93.7 Å². The van der Waals surface area contributed by atoms with Gasteiger partial charge in [0.05, 0.1) is 22.9 Å². The van der Waals surface area contributed by atoms with Gasteiger partial charge in [-0.1, -0.05) is 47.2 Å². The molecule has 0 bridgehead atoms. The molecule has 0 N–H and O–H groups in total. The molecule has 146 valence electrons. The topological polar surface area (TPSA) is 51.0 Å². The molecular weight excluding hydrogens is 404 g/mol. The Labute approximate surface area is 177 Å². The van der Waals surface area contributed by atoms with Gasteiger partial charge < -0.3 is 4.90 Å². The summed E-state index contributed by atoms with van der Waals surface area (Å²) < 4.78 is 2.58. The zero-order valence-electron chi connectivity index (χ0n) is 15.7. The lowest BCUT2D eigenvalue weighted by atomic mass is 10.1. The van der Waals surface area contributed by atoms with Crippen molar-refractivity contribution in [2.75, 3.05) is 6.54 Å². The van der Waals surface area contributed by atoms with Crippen LogP contribution in [0.4, 0.5) is 0 Å². The van der Waals surface area contributed by atoms with E-state index < -0.39 is 0 Å². The monoisotopic (exact) mass is 422 g/mol. The molecule has 7 heteroatoms. The van der Waals surface area contributed by atoms with E-state index in [9.17, 15) is 4.79 Å². The quantitative estimate of drug-likeness (QED) is 0.393. The van der Waals surface area contributed by atoms with Crippen LogP contribution in [0.5, 0.6) is 0 Å². The molecule has 0 radical (unpaired) electrons. The van der Waals surface area contributed by atoms with Gasteiger partial charge >= 0.3 is 0 Å². The third-order valence-electron chi connectivity index (χ3n) is 4.57. The summed E-state index contributed by atoms with van der Waals surface area (Å²) in [5.41, 5.74) is 3.55. The number of nitrogens with zero attached hydrogens (tertiary/aromatic N) is 4. The van der Waals surface area contributed by atoms with E-state index in [0.29, 0.717) is 25.2 Å². The minimum atomic E-state index is -0.0350. The number of rotatable bonds is 7. The van der Waals surface area contributed by atoms with Crippen LogP contribution in [0.3, 0.4) is 0 Å². The minimum Gasteiger partial charge on any atom is -0.330 e. The fourth-order valence-electron chi connectivity index (χ4n) is 3.14. The molecule has 0 saturated heterocycles. The Bertz CT molecular complexity index is 1150. The van der Waals surface area contributed by atoms with Crippen molar-refractivity contribution in [3.8, 4) is 0 Å². The average Bonchev–Trinajstić information content (AvgIpc) is 3.34. The lowest BCUT2D eigenvalue weighted by Crippen LogP contribution is -2.30. The van der Waals surface area contributed by atoms with Gasteiger partial charge in [-0.25, -0.2) is 4.68 Å². The first-order chi connectivity index (χ1) is 14.1. The van der Waals surface area contributed by atoms with E-state index in [0.717, 1.165) is 25.8 Å². The molecule has 0 atom stereocenters. The standard InChI is InChI=1S/C22H19ClN4OS/c1-2-13-26(15-18-11-12-21(23)29-18)22(28)17-9-7-16(8-10-17)14-27-20-6-4-3-5-19(20)24-25-27/h2-12H,1,13-15H2. The van der Waals surface area contributed by atoms with Crippen LogP contribution in [0.25, 0.3) is 11.0 Å². The number of halogens is 1. The molecule has 4 rings (SSSR count). The number of carbonyl (C=O) groups excluding carboxylic acids is 1. The summed E-state index contributed by atoms with van der Waals surface area (Å²) in [6.45, 7) is 5.35. The number of amides is 1. The van der Waals surface area contributed by atoms with Gasteiger partial charge in [0.15, 0.2) is 0 Å². The van der Waals surface area contributed by atoms with Gasteiger partial charge in [0.2, 0.25) is 0 Å². The smallest absolute Gasteiger partial charge is 0.254 e. The highest BCUT2D eigenvalue weighted by atomic mass is 35.5. The largest absolute Gasteiger partial charge is 0.330 e. The molecule has 1 amide bonds. The van der Waals surface area contributed by atoms with E-state index in [1.165, 1.54) is 11.3 Å². The second-order valence-corrected chi connectivity index (χ2v) is 8.41. The summed E-state index contributed by atoms with van der Waals surface area (Å²) in [6.07, 6.45) is 1.73. The van der Waals surface area contributed by atoms with Crippen molar-refractivity contribution in [2.24, 2.45) is 0 Å². The van der Waals surface area contributed by atoms with Crippen molar-refractivity contribution >= 4 is 39.9 Å². The van der Waals surface area contributed by atoms with Gasteiger partial charge in [0, 0.05) is 17.0 Å². The molecular formula is C22H19ClN4OS. The molecule has 0 unspecified atom stereocenters. The molecule has 5 nitrogen and oxygen atoms in total. The molecule has 2 aromatic carbocycles. The van der Waals surface area contributed by atoms with Crippen molar-refractivity contribution in [3.63, 3.8) is 0 Å². The van der Waals surface area contributed by atoms with E-state index in [1.54, 1.807) is 11.0 Å². The van der Waals surface area contributed by atoms with Gasteiger partial charge in [0.1, 0.15) is 5.52 Å². The predicted molar refractivity (Wildman–Crippen MR) is 117 cm³/mol. The predicted octanol–water partition coefficient (Wildman–Crippen LogP) is 5.02. The van der Waals surface area contributed by atoms with E-state index in [1.807, 2.05) is 65.3 Å². The summed E-state index contributed by atoms with van der Waals surface area (Å²) in [5, 5.41) is 8.40. The summed E-state index contributed by atoms with van der Waals surface area (Å²) in [4.78, 5) is 15.8. The molecule has 2 heterocycles. The van der Waals surface area contributed by atoms with Crippen LogP contribution in [-0.4, -0.2) is 32.3 Å². The number of hydrogen-bond donors (Lipinski definition) is 0. The fourth-order valence-corrected chi connectivity index (χ4v) is 4.25. The van der Waals surface area contributed by atoms with Gasteiger partial charge in [-0.3, -0.25) is 4.79 Å². The number of carbonyl (C=O) groups is 1. The molecule has 0 aliphatic carbocycles. The minimum absolute atomic E-state index is 0.0350. The SMILES string of the molecule is C=CCN(Cc1ccc(Cl)s1)C(=O)c1ccc(Cn2nnc3ccccc32)cc1. The Morgan fingerprint density at radius 3 is 2.66 bits per heavy atom.